The number of alkyl halides is 6. The van der Waals surface area contributed by atoms with Crippen LogP contribution >= 0.6 is 0 Å². The van der Waals surface area contributed by atoms with Gasteiger partial charge in [-0.1, -0.05) is 0 Å². The Kier molecular flexibility index (Phi) is 3.19. The van der Waals surface area contributed by atoms with E-state index >= 15 is 0 Å². The summed E-state index contributed by atoms with van der Waals surface area (Å²) in [5, 5.41) is 0. The van der Waals surface area contributed by atoms with Gasteiger partial charge in [0, 0.05) is 6.92 Å². The van der Waals surface area contributed by atoms with Crippen LogP contribution in [-0.2, 0) is 0 Å². The maximum Gasteiger partial charge on any atom is 0.282 e. The lowest BCUT2D eigenvalue weighted by atomic mass is 10.1. The van der Waals surface area contributed by atoms with Crippen LogP contribution in [0.1, 0.15) is 0 Å². The van der Waals surface area contributed by atoms with Gasteiger partial charge in [0.2, 0.25) is 0 Å². The first-order chi connectivity index (χ1) is 4.76. The van der Waals surface area contributed by atoms with Crippen molar-refractivity contribution in [3.63, 3.8) is 0 Å². The van der Waals surface area contributed by atoms with Gasteiger partial charge in [-0.25, -0.2) is 26.3 Å². The average Bonchev–Trinajstić information content (AvgIpc) is 1.82. The lowest BCUT2D eigenvalue weighted by Crippen LogP contribution is -2.38. The molecular weight excluding hydrogens is 174 g/mol. The van der Waals surface area contributed by atoms with Gasteiger partial charge in [-0.2, -0.15) is 0 Å². The Labute approximate surface area is 59.2 Å². The van der Waals surface area contributed by atoms with E-state index in [4.69, 9.17) is 0 Å². The average molecular weight is 179 g/mol. The van der Waals surface area contributed by atoms with Crippen molar-refractivity contribution in [3.05, 3.63) is 6.92 Å². The summed E-state index contributed by atoms with van der Waals surface area (Å²) in [7, 11) is 0. The fourth-order valence-electron chi connectivity index (χ4n) is 0.361. The summed E-state index contributed by atoms with van der Waals surface area (Å²) < 4.78 is 69.5. The lowest BCUT2D eigenvalue weighted by molar-refractivity contribution is -0.0997. The van der Waals surface area contributed by atoms with Crippen LogP contribution in [0.15, 0.2) is 0 Å². The predicted molar refractivity (Wildman–Crippen MR) is 26.1 cm³/mol. The van der Waals surface area contributed by atoms with Gasteiger partial charge in [-0.15, -0.1) is 0 Å². The van der Waals surface area contributed by atoms with Gasteiger partial charge in [0.25, 0.3) is 12.3 Å². The summed E-state index contributed by atoms with van der Waals surface area (Å²) >= 11 is 0. The Morgan fingerprint density at radius 3 is 1.45 bits per heavy atom. The van der Waals surface area contributed by atoms with Crippen LogP contribution in [0.25, 0.3) is 0 Å². The van der Waals surface area contributed by atoms with E-state index in [0.29, 0.717) is 0 Å². The van der Waals surface area contributed by atoms with E-state index < -0.39 is 24.7 Å². The SMILES string of the molecule is [CH2]C(F)(F)C(F)C(F)C(F)F. The first-order valence-electron chi connectivity index (χ1n) is 2.56. The molecule has 0 spiro atoms. The second-order valence-electron chi connectivity index (χ2n) is 1.94. The fraction of sp³-hybridized carbons (Fsp3) is 0.800. The predicted octanol–water partition coefficient (Wildman–Crippen LogP) is 2.40. The minimum absolute atomic E-state index is 1.89. The van der Waals surface area contributed by atoms with Crippen LogP contribution in [0.4, 0.5) is 26.3 Å². The van der Waals surface area contributed by atoms with Gasteiger partial charge in [0.1, 0.15) is 0 Å². The first-order valence-corrected chi connectivity index (χ1v) is 2.56. The van der Waals surface area contributed by atoms with E-state index in [1.54, 1.807) is 0 Å². The topological polar surface area (TPSA) is 0 Å². The van der Waals surface area contributed by atoms with Crippen molar-refractivity contribution < 1.29 is 26.3 Å². The van der Waals surface area contributed by atoms with Gasteiger partial charge in [0.15, 0.2) is 12.3 Å². The van der Waals surface area contributed by atoms with E-state index in [1.807, 2.05) is 6.92 Å². The van der Waals surface area contributed by atoms with Crippen molar-refractivity contribution in [3.8, 4) is 0 Å². The van der Waals surface area contributed by atoms with Gasteiger partial charge in [-0.3, -0.25) is 0 Å². The van der Waals surface area contributed by atoms with Crippen LogP contribution in [0.3, 0.4) is 0 Å². The molecule has 2 atom stereocenters. The normalized spacial score (nSPS) is 18.5. The van der Waals surface area contributed by atoms with Crippen LogP contribution in [0, 0.1) is 6.92 Å². The molecule has 67 valence electrons. The zero-order valence-corrected chi connectivity index (χ0v) is 5.21. The highest BCUT2D eigenvalue weighted by atomic mass is 19.3. The van der Waals surface area contributed by atoms with Gasteiger partial charge >= 0.3 is 0 Å². The summed E-state index contributed by atoms with van der Waals surface area (Å²) in [5.41, 5.74) is 0. The molecule has 0 bridgehead atoms. The van der Waals surface area contributed by atoms with Crippen LogP contribution in [-0.4, -0.2) is 24.7 Å². The molecule has 0 heterocycles. The number of hydrogen-bond acceptors (Lipinski definition) is 0. The van der Waals surface area contributed by atoms with E-state index in [-0.39, 0.29) is 0 Å². The van der Waals surface area contributed by atoms with E-state index in [9.17, 15) is 26.3 Å². The molecule has 0 nitrogen and oxygen atoms in total. The summed E-state index contributed by atoms with van der Waals surface area (Å²) in [6, 6.07) is 0. The smallest absolute Gasteiger partial charge is 0.238 e. The third kappa shape index (κ3) is 2.98. The quantitative estimate of drug-likeness (QED) is 0.583. The molecule has 0 aromatic rings. The first kappa shape index (κ1) is 10.6. The van der Waals surface area contributed by atoms with Crippen molar-refractivity contribution in [2.45, 2.75) is 24.7 Å². The summed E-state index contributed by atoms with van der Waals surface area (Å²) in [6.45, 7) is 1.89. The molecule has 0 rings (SSSR count). The minimum Gasteiger partial charge on any atom is -0.238 e. The molecular formula is C5H5F6. The molecule has 2 unspecified atom stereocenters. The van der Waals surface area contributed by atoms with Gasteiger partial charge < -0.3 is 0 Å². The zero-order valence-electron chi connectivity index (χ0n) is 5.21. The van der Waals surface area contributed by atoms with Crippen molar-refractivity contribution in [1.29, 1.82) is 0 Å². The second-order valence-corrected chi connectivity index (χ2v) is 1.94. The van der Waals surface area contributed by atoms with E-state index in [0.717, 1.165) is 0 Å². The molecule has 0 N–H and O–H groups in total. The molecule has 0 saturated heterocycles. The van der Waals surface area contributed by atoms with Crippen LogP contribution < -0.4 is 0 Å². The minimum atomic E-state index is -4.31. The highest BCUT2D eigenvalue weighted by Gasteiger charge is 2.45. The fourth-order valence-corrected chi connectivity index (χ4v) is 0.361. The van der Waals surface area contributed by atoms with Crippen molar-refractivity contribution in [1.82, 2.24) is 0 Å². The molecule has 6 heteroatoms. The number of hydrogen-bond donors (Lipinski definition) is 0. The Hall–Kier alpha value is -0.420. The summed E-state index contributed by atoms with van der Waals surface area (Å²) in [5.74, 6) is -4.31. The van der Waals surface area contributed by atoms with Crippen LogP contribution in [0.2, 0.25) is 0 Å². The molecule has 0 aliphatic heterocycles. The highest BCUT2D eigenvalue weighted by molar-refractivity contribution is 4.86. The third-order valence-corrected chi connectivity index (χ3v) is 0.924. The van der Waals surface area contributed by atoms with Gasteiger partial charge in [-0.05, 0) is 0 Å². The van der Waals surface area contributed by atoms with Crippen molar-refractivity contribution in [2.75, 3.05) is 0 Å². The number of halogens is 6. The summed E-state index contributed by atoms with van der Waals surface area (Å²) in [4.78, 5) is 0. The highest BCUT2D eigenvalue weighted by Crippen LogP contribution is 2.27. The standard InChI is InChI=1S/C5H5F6/c1-5(10,11)3(7)2(6)4(8)9/h2-4H,1H2. The third-order valence-electron chi connectivity index (χ3n) is 0.924. The molecule has 0 fully saturated rings. The van der Waals surface area contributed by atoms with E-state index in [1.165, 1.54) is 0 Å². The maximum absolute atomic E-state index is 11.9. The Morgan fingerprint density at radius 2 is 1.36 bits per heavy atom. The molecule has 0 aliphatic rings. The monoisotopic (exact) mass is 179 g/mol. The Balaban J connectivity index is 4.13. The zero-order chi connectivity index (χ0) is 9.23. The Morgan fingerprint density at radius 1 is 1.00 bits per heavy atom. The van der Waals surface area contributed by atoms with Crippen LogP contribution in [0.5, 0.6) is 0 Å². The second kappa shape index (κ2) is 3.32. The number of rotatable bonds is 3. The maximum atomic E-state index is 11.9. The molecule has 1 radical (unpaired) electrons. The lowest BCUT2D eigenvalue weighted by Gasteiger charge is -2.18. The molecule has 0 saturated carbocycles. The van der Waals surface area contributed by atoms with E-state index in [2.05, 4.69) is 0 Å². The largest absolute Gasteiger partial charge is 0.282 e. The van der Waals surface area contributed by atoms with Crippen molar-refractivity contribution in [2.24, 2.45) is 0 Å². The molecule has 11 heavy (non-hydrogen) atoms. The molecule has 0 aromatic heterocycles. The molecule has 0 aromatic carbocycles. The Bertz CT molecular complexity index is 117. The van der Waals surface area contributed by atoms with Gasteiger partial charge in [0.05, 0.1) is 0 Å². The molecule has 0 amide bonds. The molecule has 0 aliphatic carbocycles. The summed E-state index contributed by atoms with van der Waals surface area (Å²) in [6.07, 6.45) is -10.8. The van der Waals surface area contributed by atoms with Crippen molar-refractivity contribution >= 4 is 0 Å².